The molecule has 2 atom stereocenters. The molecule has 28 heavy (non-hydrogen) atoms. The van der Waals surface area contributed by atoms with Crippen LogP contribution in [0, 0.1) is 11.7 Å². The van der Waals surface area contributed by atoms with Gasteiger partial charge in [-0.3, -0.25) is 0 Å². The molecule has 0 unspecified atom stereocenters. The number of nitrogens with zero attached hydrogens (tertiary/aromatic N) is 1. The molecule has 1 aromatic carbocycles. The number of ether oxygens (including phenoxy) is 2. The molecule has 0 spiro atoms. The molecule has 1 heterocycles. The first-order valence-corrected chi connectivity index (χ1v) is 9.53. The molecule has 3 rings (SSSR count). The maximum Gasteiger partial charge on any atom is 0.407 e. The Morgan fingerprint density at radius 3 is 2.71 bits per heavy atom. The number of aromatic nitrogens is 1. The van der Waals surface area contributed by atoms with Crippen LogP contribution in [-0.4, -0.2) is 35.9 Å². The van der Waals surface area contributed by atoms with Gasteiger partial charge in [0, 0.05) is 29.7 Å². The third kappa shape index (κ3) is 4.46. The molecule has 1 aliphatic carbocycles. The van der Waals surface area contributed by atoms with E-state index in [2.05, 4.69) is 5.32 Å². The number of halogens is 1. The number of carbonyl (C=O) groups excluding carboxylic acids is 2. The fraction of sp³-hybridized carbons (Fsp3) is 0.524. The van der Waals surface area contributed by atoms with Crippen molar-refractivity contribution in [3.8, 4) is 0 Å². The van der Waals surface area contributed by atoms with Crippen LogP contribution < -0.4 is 5.32 Å². The maximum atomic E-state index is 13.7. The number of alkyl carbamates (subject to hydrolysis) is 1. The quantitative estimate of drug-likeness (QED) is 0.784. The van der Waals surface area contributed by atoms with E-state index in [1.54, 1.807) is 12.3 Å². The highest BCUT2D eigenvalue weighted by atomic mass is 19.1. The van der Waals surface area contributed by atoms with Crippen molar-refractivity contribution >= 4 is 23.0 Å². The van der Waals surface area contributed by atoms with Crippen LogP contribution in [0.25, 0.3) is 10.9 Å². The Labute approximate surface area is 164 Å². The smallest absolute Gasteiger partial charge is 0.407 e. The van der Waals surface area contributed by atoms with E-state index in [0.717, 1.165) is 24.8 Å². The minimum Gasteiger partial charge on any atom is -0.465 e. The maximum absolute atomic E-state index is 13.7. The lowest BCUT2D eigenvalue weighted by Gasteiger charge is -2.21. The number of benzene rings is 1. The fourth-order valence-electron chi connectivity index (χ4n) is 3.83. The zero-order chi connectivity index (χ0) is 20.5. The van der Waals surface area contributed by atoms with Crippen molar-refractivity contribution in [3.05, 3.63) is 35.8 Å². The van der Waals surface area contributed by atoms with Crippen LogP contribution in [0.5, 0.6) is 0 Å². The van der Waals surface area contributed by atoms with Crippen molar-refractivity contribution in [3.63, 3.8) is 0 Å². The van der Waals surface area contributed by atoms with E-state index in [0.29, 0.717) is 23.4 Å². The zero-order valence-corrected chi connectivity index (χ0v) is 16.8. The van der Waals surface area contributed by atoms with Crippen molar-refractivity contribution < 1.29 is 23.5 Å². The largest absolute Gasteiger partial charge is 0.465 e. The third-order valence-electron chi connectivity index (χ3n) is 5.04. The molecule has 152 valence electrons. The van der Waals surface area contributed by atoms with Crippen LogP contribution in [0.4, 0.5) is 9.18 Å². The number of nitrogens with one attached hydrogen (secondary N) is 1. The Morgan fingerprint density at radius 1 is 1.29 bits per heavy atom. The summed E-state index contributed by atoms with van der Waals surface area (Å²) in [6.07, 6.45) is 4.07. The van der Waals surface area contributed by atoms with Gasteiger partial charge < -0.3 is 19.4 Å². The molecular weight excluding hydrogens is 363 g/mol. The normalized spacial score (nSPS) is 19.6. The van der Waals surface area contributed by atoms with Gasteiger partial charge in [0.1, 0.15) is 11.4 Å². The first kappa shape index (κ1) is 20.2. The summed E-state index contributed by atoms with van der Waals surface area (Å²) in [5, 5.41) is 3.39. The van der Waals surface area contributed by atoms with Gasteiger partial charge in [0.05, 0.1) is 12.7 Å². The topological polar surface area (TPSA) is 69.6 Å². The molecule has 0 saturated heterocycles. The van der Waals surface area contributed by atoms with Crippen molar-refractivity contribution in [2.24, 2.45) is 5.92 Å². The summed E-state index contributed by atoms with van der Waals surface area (Å²) in [6, 6.07) is 4.64. The lowest BCUT2D eigenvalue weighted by atomic mass is 10.1. The number of amides is 1. The van der Waals surface area contributed by atoms with Gasteiger partial charge in [0.2, 0.25) is 0 Å². The number of fused-ring (bicyclic) bond motifs is 1. The molecule has 1 N–H and O–H groups in total. The highest BCUT2D eigenvalue weighted by molar-refractivity contribution is 6.04. The summed E-state index contributed by atoms with van der Waals surface area (Å²) in [6.45, 7) is 6.04. The second kappa shape index (κ2) is 7.81. The Morgan fingerprint density at radius 2 is 2.04 bits per heavy atom. The molecule has 0 bridgehead atoms. The summed E-state index contributed by atoms with van der Waals surface area (Å²) in [5.74, 6) is -0.547. The third-order valence-corrected chi connectivity index (χ3v) is 5.04. The van der Waals surface area contributed by atoms with Gasteiger partial charge in [0.25, 0.3) is 0 Å². The number of hydrogen-bond acceptors (Lipinski definition) is 4. The summed E-state index contributed by atoms with van der Waals surface area (Å²) in [4.78, 5) is 24.0. The lowest BCUT2D eigenvalue weighted by molar-refractivity contribution is 0.0518. The van der Waals surface area contributed by atoms with Gasteiger partial charge in [-0.25, -0.2) is 14.0 Å². The van der Waals surface area contributed by atoms with Gasteiger partial charge in [-0.15, -0.1) is 0 Å². The molecule has 0 radical (unpaired) electrons. The summed E-state index contributed by atoms with van der Waals surface area (Å²) < 4.78 is 25.9. The van der Waals surface area contributed by atoms with Gasteiger partial charge in [-0.2, -0.15) is 0 Å². The summed E-state index contributed by atoms with van der Waals surface area (Å²) in [5.41, 5.74) is 0.659. The number of methoxy groups -OCH3 is 1. The highest BCUT2D eigenvalue weighted by Gasteiger charge is 2.29. The fourth-order valence-corrected chi connectivity index (χ4v) is 3.83. The number of esters is 1. The van der Waals surface area contributed by atoms with Gasteiger partial charge in [-0.05, 0) is 64.2 Å². The average Bonchev–Trinajstić information content (AvgIpc) is 3.22. The molecule has 0 aliphatic heterocycles. The number of hydrogen-bond donors (Lipinski definition) is 1. The minimum absolute atomic E-state index is 0.178. The zero-order valence-electron chi connectivity index (χ0n) is 16.8. The van der Waals surface area contributed by atoms with E-state index in [-0.39, 0.29) is 11.9 Å². The van der Waals surface area contributed by atoms with E-state index in [1.165, 1.54) is 19.2 Å². The minimum atomic E-state index is -0.522. The van der Waals surface area contributed by atoms with E-state index in [9.17, 15) is 14.0 Å². The predicted octanol–water partition coefficient (Wildman–Crippen LogP) is 4.43. The second-order valence-electron chi connectivity index (χ2n) is 8.32. The highest BCUT2D eigenvalue weighted by Crippen LogP contribution is 2.38. The van der Waals surface area contributed by atoms with E-state index in [1.807, 2.05) is 25.3 Å². The van der Waals surface area contributed by atoms with Crippen molar-refractivity contribution in [2.45, 2.75) is 51.7 Å². The second-order valence-corrected chi connectivity index (χ2v) is 8.32. The molecule has 1 fully saturated rings. The first-order chi connectivity index (χ1) is 13.2. The van der Waals surface area contributed by atoms with Crippen LogP contribution in [0.15, 0.2) is 24.4 Å². The monoisotopic (exact) mass is 390 g/mol. The van der Waals surface area contributed by atoms with Gasteiger partial charge in [-0.1, -0.05) is 0 Å². The summed E-state index contributed by atoms with van der Waals surface area (Å²) >= 11 is 0. The van der Waals surface area contributed by atoms with E-state index < -0.39 is 17.7 Å². The predicted molar refractivity (Wildman–Crippen MR) is 104 cm³/mol. The van der Waals surface area contributed by atoms with Gasteiger partial charge >= 0.3 is 12.1 Å². The van der Waals surface area contributed by atoms with E-state index in [4.69, 9.17) is 9.47 Å². The van der Waals surface area contributed by atoms with Crippen LogP contribution >= 0.6 is 0 Å². The Kier molecular flexibility index (Phi) is 5.63. The standard InChI is InChI=1S/C21H27FN2O4/c1-21(2,3)28-20(26)23-11-13-5-7-15(9-13)24-12-17(19(25)27-4)16-10-14(22)6-8-18(16)24/h6,8,10,12-13,15H,5,7,9,11H2,1-4H3,(H,23,26)/t13-,15+/m1/s1. The van der Waals surface area contributed by atoms with Crippen LogP contribution in [-0.2, 0) is 9.47 Å². The van der Waals surface area contributed by atoms with Crippen LogP contribution in [0.1, 0.15) is 56.4 Å². The molecule has 1 aromatic heterocycles. The molecule has 6 nitrogen and oxygen atoms in total. The molecule has 2 aromatic rings. The summed E-state index contributed by atoms with van der Waals surface area (Å²) in [7, 11) is 1.32. The van der Waals surface area contributed by atoms with Crippen LogP contribution in [0.3, 0.4) is 0 Å². The molecule has 1 aliphatic rings. The molecular formula is C21H27FN2O4. The molecule has 1 saturated carbocycles. The molecule has 7 heteroatoms. The average molecular weight is 390 g/mol. The number of rotatable bonds is 4. The van der Waals surface area contributed by atoms with Crippen molar-refractivity contribution in [1.82, 2.24) is 9.88 Å². The van der Waals surface area contributed by atoms with Crippen molar-refractivity contribution in [1.29, 1.82) is 0 Å². The molecule has 1 amide bonds. The number of carbonyl (C=O) groups is 2. The SMILES string of the molecule is COC(=O)c1cn([C@H]2CC[C@@H](CNC(=O)OC(C)(C)C)C2)c2ccc(F)cc12. The Balaban J connectivity index is 1.72. The van der Waals surface area contributed by atoms with Crippen LogP contribution in [0.2, 0.25) is 0 Å². The Bertz CT molecular complexity index is 884. The Hall–Kier alpha value is -2.57. The van der Waals surface area contributed by atoms with Crippen molar-refractivity contribution in [2.75, 3.05) is 13.7 Å². The van der Waals surface area contributed by atoms with Gasteiger partial charge in [0.15, 0.2) is 0 Å². The first-order valence-electron chi connectivity index (χ1n) is 9.53. The lowest BCUT2D eigenvalue weighted by Crippen LogP contribution is -2.34. The van der Waals surface area contributed by atoms with E-state index >= 15 is 0 Å².